The average Bonchev–Trinajstić information content (AvgIpc) is 2.52. The third-order valence-electron chi connectivity index (χ3n) is 3.51. The summed E-state index contributed by atoms with van der Waals surface area (Å²) in [5, 5.41) is 2.86. The number of amides is 1. The maximum Gasteiger partial charge on any atom is 0.224 e. The van der Waals surface area contributed by atoms with Crippen LogP contribution in [0.25, 0.3) is 0 Å². The van der Waals surface area contributed by atoms with Crippen LogP contribution in [-0.2, 0) is 4.79 Å². The number of hydrogen-bond acceptors (Lipinski definition) is 5. The number of ether oxygens (including phenoxy) is 1. The van der Waals surface area contributed by atoms with E-state index in [9.17, 15) is 4.79 Å². The first-order valence-corrected chi connectivity index (χ1v) is 6.98. The van der Waals surface area contributed by atoms with E-state index in [1.807, 2.05) is 12.1 Å². The Balaban J connectivity index is 2.04. The van der Waals surface area contributed by atoms with Crippen LogP contribution in [0.2, 0.25) is 0 Å². The summed E-state index contributed by atoms with van der Waals surface area (Å²) >= 11 is 0. The zero-order chi connectivity index (χ0) is 14.4. The van der Waals surface area contributed by atoms with Gasteiger partial charge in [0.05, 0.1) is 13.0 Å². The summed E-state index contributed by atoms with van der Waals surface area (Å²) < 4.78 is 5.34. The Morgan fingerprint density at radius 1 is 1.65 bits per heavy atom. The lowest BCUT2D eigenvalue weighted by molar-refractivity contribution is -0.125. The maximum atomic E-state index is 12.0. The number of anilines is 1. The van der Waals surface area contributed by atoms with Gasteiger partial charge in [-0.2, -0.15) is 0 Å². The molecule has 0 aliphatic carbocycles. The van der Waals surface area contributed by atoms with Crippen LogP contribution in [0.3, 0.4) is 0 Å². The molecular formula is C14H22N4O2. The molecule has 2 rings (SSSR count). The van der Waals surface area contributed by atoms with Crippen molar-refractivity contribution in [3.05, 3.63) is 18.3 Å². The molecule has 1 aromatic rings. The topological polar surface area (TPSA) is 80.5 Å². The minimum Gasteiger partial charge on any atom is -0.493 e. The Labute approximate surface area is 119 Å². The molecule has 1 aliphatic rings. The second-order valence-corrected chi connectivity index (χ2v) is 4.89. The van der Waals surface area contributed by atoms with Crippen molar-refractivity contribution in [2.24, 2.45) is 11.7 Å². The fraction of sp³-hybridized carbons (Fsp3) is 0.571. The van der Waals surface area contributed by atoms with Gasteiger partial charge in [0.25, 0.3) is 0 Å². The molecule has 0 spiro atoms. The van der Waals surface area contributed by atoms with Gasteiger partial charge in [0, 0.05) is 32.4 Å². The van der Waals surface area contributed by atoms with E-state index < -0.39 is 0 Å². The number of piperidine rings is 1. The lowest BCUT2D eigenvalue weighted by Gasteiger charge is -2.33. The Hall–Kier alpha value is -1.82. The van der Waals surface area contributed by atoms with Crippen LogP contribution in [0.4, 0.5) is 5.82 Å². The monoisotopic (exact) mass is 278 g/mol. The number of nitrogens with two attached hydrogens (primary N) is 1. The summed E-state index contributed by atoms with van der Waals surface area (Å²) in [4.78, 5) is 18.5. The van der Waals surface area contributed by atoms with Crippen LogP contribution < -0.4 is 20.7 Å². The molecule has 110 valence electrons. The van der Waals surface area contributed by atoms with Gasteiger partial charge in [0.1, 0.15) is 0 Å². The van der Waals surface area contributed by atoms with E-state index in [1.165, 1.54) is 0 Å². The number of methoxy groups -OCH3 is 1. The molecule has 0 saturated carbocycles. The first kappa shape index (κ1) is 14.6. The number of pyridine rings is 1. The fourth-order valence-corrected chi connectivity index (χ4v) is 2.50. The molecule has 20 heavy (non-hydrogen) atoms. The predicted molar refractivity (Wildman–Crippen MR) is 77.8 cm³/mol. The van der Waals surface area contributed by atoms with Gasteiger partial charge in [-0.25, -0.2) is 4.98 Å². The Bertz CT molecular complexity index is 453. The zero-order valence-electron chi connectivity index (χ0n) is 11.8. The molecule has 1 aromatic heterocycles. The largest absolute Gasteiger partial charge is 0.493 e. The molecule has 1 aliphatic heterocycles. The molecule has 1 saturated heterocycles. The summed E-state index contributed by atoms with van der Waals surface area (Å²) in [6, 6.07) is 3.73. The van der Waals surface area contributed by atoms with Crippen LogP contribution in [0.15, 0.2) is 18.3 Å². The van der Waals surface area contributed by atoms with Gasteiger partial charge in [0.15, 0.2) is 11.6 Å². The van der Waals surface area contributed by atoms with Crippen LogP contribution >= 0.6 is 0 Å². The molecule has 1 fully saturated rings. The minimum absolute atomic E-state index is 0.0120. The van der Waals surface area contributed by atoms with E-state index in [0.29, 0.717) is 19.6 Å². The molecule has 2 heterocycles. The van der Waals surface area contributed by atoms with Crippen molar-refractivity contribution in [1.29, 1.82) is 0 Å². The van der Waals surface area contributed by atoms with E-state index in [1.54, 1.807) is 13.3 Å². The number of rotatable bonds is 5. The molecule has 1 unspecified atom stereocenters. The van der Waals surface area contributed by atoms with Gasteiger partial charge >= 0.3 is 0 Å². The third-order valence-corrected chi connectivity index (χ3v) is 3.51. The summed E-state index contributed by atoms with van der Waals surface area (Å²) in [5.74, 6) is 1.62. The smallest absolute Gasteiger partial charge is 0.224 e. The van der Waals surface area contributed by atoms with Crippen LogP contribution in [0.1, 0.15) is 12.8 Å². The summed E-state index contributed by atoms with van der Waals surface area (Å²) in [6.45, 7) is 2.57. The maximum absolute atomic E-state index is 12.0. The third kappa shape index (κ3) is 3.39. The minimum atomic E-state index is -0.0120. The van der Waals surface area contributed by atoms with Gasteiger partial charge in [-0.05, 0) is 25.0 Å². The standard InChI is InChI=1S/C14H22N4O2/c1-20-12-5-2-7-16-13(12)18-9-3-4-11(10-18)14(19)17-8-6-15/h2,5,7,11H,3-4,6,8-10,15H2,1H3,(H,17,19). The molecule has 0 radical (unpaired) electrons. The van der Waals surface area contributed by atoms with E-state index in [-0.39, 0.29) is 11.8 Å². The van der Waals surface area contributed by atoms with E-state index in [2.05, 4.69) is 15.2 Å². The Morgan fingerprint density at radius 2 is 2.50 bits per heavy atom. The first-order valence-electron chi connectivity index (χ1n) is 6.98. The second-order valence-electron chi connectivity index (χ2n) is 4.89. The van der Waals surface area contributed by atoms with E-state index in [4.69, 9.17) is 10.5 Å². The SMILES string of the molecule is COc1cccnc1N1CCCC(C(=O)NCCN)C1. The van der Waals surface area contributed by atoms with Crippen molar-refractivity contribution in [3.8, 4) is 5.75 Å². The van der Waals surface area contributed by atoms with Crippen molar-refractivity contribution >= 4 is 11.7 Å². The van der Waals surface area contributed by atoms with Crippen molar-refractivity contribution < 1.29 is 9.53 Å². The number of aromatic nitrogens is 1. The van der Waals surface area contributed by atoms with Crippen molar-refractivity contribution in [2.45, 2.75) is 12.8 Å². The Kier molecular flexibility index (Phi) is 5.17. The molecule has 1 amide bonds. The van der Waals surface area contributed by atoms with Crippen molar-refractivity contribution in [3.63, 3.8) is 0 Å². The molecule has 0 aromatic carbocycles. The lowest BCUT2D eigenvalue weighted by Crippen LogP contribution is -2.44. The molecule has 0 bridgehead atoms. The molecule has 6 nitrogen and oxygen atoms in total. The highest BCUT2D eigenvalue weighted by atomic mass is 16.5. The quantitative estimate of drug-likeness (QED) is 0.814. The van der Waals surface area contributed by atoms with Crippen LogP contribution in [0.5, 0.6) is 5.75 Å². The second kappa shape index (κ2) is 7.09. The molecule has 1 atom stereocenters. The van der Waals surface area contributed by atoms with Crippen molar-refractivity contribution in [1.82, 2.24) is 10.3 Å². The first-order chi connectivity index (χ1) is 9.76. The van der Waals surface area contributed by atoms with Gasteiger partial charge in [-0.1, -0.05) is 0 Å². The highest BCUT2D eigenvalue weighted by Gasteiger charge is 2.27. The van der Waals surface area contributed by atoms with Gasteiger partial charge < -0.3 is 20.7 Å². The zero-order valence-corrected chi connectivity index (χ0v) is 11.8. The van der Waals surface area contributed by atoms with Crippen LogP contribution in [-0.4, -0.2) is 44.2 Å². The number of carbonyl (C=O) groups excluding carboxylic acids is 1. The lowest BCUT2D eigenvalue weighted by atomic mass is 9.97. The highest BCUT2D eigenvalue weighted by molar-refractivity contribution is 5.79. The summed E-state index contributed by atoms with van der Waals surface area (Å²) in [6.07, 6.45) is 3.62. The highest BCUT2D eigenvalue weighted by Crippen LogP contribution is 2.29. The predicted octanol–water partition coefficient (Wildman–Crippen LogP) is 0.382. The van der Waals surface area contributed by atoms with E-state index in [0.717, 1.165) is 31.0 Å². The average molecular weight is 278 g/mol. The van der Waals surface area contributed by atoms with Crippen molar-refractivity contribution in [2.75, 3.05) is 38.2 Å². The number of hydrogen-bond donors (Lipinski definition) is 2. The van der Waals surface area contributed by atoms with Crippen LogP contribution in [0, 0.1) is 5.92 Å². The number of nitrogens with zero attached hydrogens (tertiary/aromatic N) is 2. The van der Waals surface area contributed by atoms with Gasteiger partial charge in [0.2, 0.25) is 5.91 Å². The summed E-state index contributed by atoms with van der Waals surface area (Å²) in [5.41, 5.74) is 5.41. The van der Waals surface area contributed by atoms with Gasteiger partial charge in [-0.3, -0.25) is 4.79 Å². The normalized spacial score (nSPS) is 18.7. The molecule has 3 N–H and O–H groups in total. The molecule has 6 heteroatoms. The fourth-order valence-electron chi connectivity index (χ4n) is 2.50. The van der Waals surface area contributed by atoms with E-state index >= 15 is 0 Å². The van der Waals surface area contributed by atoms with Gasteiger partial charge in [-0.15, -0.1) is 0 Å². The number of carbonyl (C=O) groups is 1. The number of nitrogens with one attached hydrogen (secondary N) is 1. The summed E-state index contributed by atoms with van der Waals surface area (Å²) in [7, 11) is 1.63. The molecular weight excluding hydrogens is 256 g/mol. The Morgan fingerprint density at radius 3 is 3.25 bits per heavy atom.